The van der Waals surface area contributed by atoms with E-state index in [-0.39, 0.29) is 0 Å². The van der Waals surface area contributed by atoms with E-state index in [1.54, 1.807) is 0 Å². The molecule has 0 unspecified atom stereocenters. The van der Waals surface area contributed by atoms with E-state index in [0.29, 0.717) is 0 Å². The standard InChI is InChI=1S/C14H17ClS/c1-2-3-4-5-6-14-13-8-7-12(15)9-11(13)10-16-14/h7-10H,2-6H2,1H3. The first kappa shape index (κ1) is 11.9. The van der Waals surface area contributed by atoms with Gasteiger partial charge >= 0.3 is 0 Å². The molecule has 0 aliphatic rings. The van der Waals surface area contributed by atoms with Crippen LogP contribution in [-0.2, 0) is 6.42 Å². The Bertz CT molecular complexity index is 459. The minimum atomic E-state index is 0.836. The molecule has 0 spiro atoms. The Hall–Kier alpha value is -0.530. The normalized spacial score (nSPS) is 11.1. The molecule has 0 saturated carbocycles. The number of unbranched alkanes of at least 4 members (excludes halogenated alkanes) is 3. The van der Waals surface area contributed by atoms with Crippen molar-refractivity contribution in [1.29, 1.82) is 0 Å². The SMILES string of the molecule is CCCCCCc1scc2cc(Cl)ccc12. The van der Waals surface area contributed by atoms with Crippen molar-refractivity contribution >= 4 is 33.7 Å². The number of hydrogen-bond acceptors (Lipinski definition) is 1. The number of hydrogen-bond donors (Lipinski definition) is 0. The van der Waals surface area contributed by atoms with Gasteiger partial charge in [0.25, 0.3) is 0 Å². The molecule has 0 radical (unpaired) electrons. The third-order valence-corrected chi connectivity index (χ3v) is 4.22. The second-order valence-electron chi connectivity index (χ2n) is 4.20. The summed E-state index contributed by atoms with van der Waals surface area (Å²) in [5.41, 5.74) is 0. The zero-order valence-corrected chi connectivity index (χ0v) is 11.2. The number of aryl methyl sites for hydroxylation is 1. The number of halogens is 1. The predicted octanol–water partition coefficient (Wildman–Crippen LogP) is 5.68. The molecule has 0 fully saturated rings. The van der Waals surface area contributed by atoms with E-state index in [0.717, 1.165) is 5.02 Å². The van der Waals surface area contributed by atoms with Gasteiger partial charge in [0.2, 0.25) is 0 Å². The van der Waals surface area contributed by atoms with E-state index in [2.05, 4.69) is 24.4 Å². The van der Waals surface area contributed by atoms with Crippen molar-refractivity contribution in [2.24, 2.45) is 0 Å². The molecule has 2 rings (SSSR count). The number of rotatable bonds is 5. The molecule has 0 aliphatic heterocycles. The molecule has 0 nitrogen and oxygen atoms in total. The maximum Gasteiger partial charge on any atom is 0.0412 e. The summed E-state index contributed by atoms with van der Waals surface area (Å²) in [7, 11) is 0. The van der Waals surface area contributed by atoms with Crippen LogP contribution in [0.25, 0.3) is 10.8 Å². The molecule has 0 bridgehead atoms. The van der Waals surface area contributed by atoms with E-state index < -0.39 is 0 Å². The first-order valence-corrected chi connectivity index (χ1v) is 7.22. The van der Waals surface area contributed by atoms with E-state index in [1.165, 1.54) is 47.8 Å². The summed E-state index contributed by atoms with van der Waals surface area (Å²) in [6.45, 7) is 2.25. The number of thiophene rings is 1. The van der Waals surface area contributed by atoms with E-state index >= 15 is 0 Å². The molecule has 0 saturated heterocycles. The fourth-order valence-electron chi connectivity index (χ4n) is 1.99. The lowest BCUT2D eigenvalue weighted by molar-refractivity contribution is 0.671. The van der Waals surface area contributed by atoms with E-state index in [4.69, 9.17) is 11.6 Å². The zero-order chi connectivity index (χ0) is 11.4. The molecule has 2 aromatic rings. The third-order valence-electron chi connectivity index (χ3n) is 2.90. The van der Waals surface area contributed by atoms with Crippen molar-refractivity contribution < 1.29 is 0 Å². The largest absolute Gasteiger partial charge is 0.148 e. The lowest BCUT2D eigenvalue weighted by atomic mass is 10.1. The fraction of sp³-hybridized carbons (Fsp3) is 0.429. The van der Waals surface area contributed by atoms with Crippen molar-refractivity contribution in [3.05, 3.63) is 33.5 Å². The van der Waals surface area contributed by atoms with Gasteiger partial charge in [-0.25, -0.2) is 0 Å². The second kappa shape index (κ2) is 5.70. The van der Waals surface area contributed by atoms with Crippen LogP contribution in [0.2, 0.25) is 5.02 Å². The first-order valence-electron chi connectivity index (χ1n) is 5.97. The van der Waals surface area contributed by atoms with Gasteiger partial charge in [0, 0.05) is 9.90 Å². The highest BCUT2D eigenvalue weighted by molar-refractivity contribution is 7.11. The highest BCUT2D eigenvalue weighted by Crippen LogP contribution is 2.29. The molecule has 0 atom stereocenters. The zero-order valence-electron chi connectivity index (χ0n) is 9.63. The average Bonchev–Trinajstić information content (AvgIpc) is 2.67. The summed E-state index contributed by atoms with van der Waals surface area (Å²) in [5, 5.41) is 5.74. The van der Waals surface area contributed by atoms with Gasteiger partial charge in [-0.3, -0.25) is 0 Å². The smallest absolute Gasteiger partial charge is 0.0412 e. The second-order valence-corrected chi connectivity index (χ2v) is 5.60. The van der Waals surface area contributed by atoms with Crippen molar-refractivity contribution in [3.8, 4) is 0 Å². The van der Waals surface area contributed by atoms with Crippen molar-refractivity contribution in [3.63, 3.8) is 0 Å². The van der Waals surface area contributed by atoms with Crippen LogP contribution in [0, 0.1) is 0 Å². The van der Waals surface area contributed by atoms with Crippen LogP contribution in [0.15, 0.2) is 23.6 Å². The topological polar surface area (TPSA) is 0 Å². The summed E-state index contributed by atoms with van der Waals surface area (Å²) in [6.07, 6.45) is 6.54. The monoisotopic (exact) mass is 252 g/mol. The molecule has 0 aliphatic carbocycles. The van der Waals surface area contributed by atoms with E-state index in [1.807, 2.05) is 17.4 Å². The van der Waals surface area contributed by atoms with Gasteiger partial charge in [-0.1, -0.05) is 43.9 Å². The van der Waals surface area contributed by atoms with Crippen molar-refractivity contribution in [1.82, 2.24) is 0 Å². The summed E-state index contributed by atoms with van der Waals surface area (Å²) in [6, 6.07) is 6.21. The quantitative estimate of drug-likeness (QED) is 0.601. The van der Waals surface area contributed by atoms with Crippen LogP contribution in [0.1, 0.15) is 37.5 Å². The van der Waals surface area contributed by atoms with Gasteiger partial charge in [0.15, 0.2) is 0 Å². The maximum atomic E-state index is 5.98. The van der Waals surface area contributed by atoms with Crippen LogP contribution in [0.4, 0.5) is 0 Å². The minimum Gasteiger partial charge on any atom is -0.148 e. The Morgan fingerprint density at radius 1 is 1.19 bits per heavy atom. The summed E-state index contributed by atoms with van der Waals surface area (Å²) in [4.78, 5) is 1.52. The van der Waals surface area contributed by atoms with Crippen molar-refractivity contribution in [2.75, 3.05) is 0 Å². The highest BCUT2D eigenvalue weighted by atomic mass is 35.5. The Morgan fingerprint density at radius 2 is 2.06 bits per heavy atom. The van der Waals surface area contributed by atoms with E-state index in [9.17, 15) is 0 Å². The molecular formula is C14H17ClS. The van der Waals surface area contributed by atoms with Gasteiger partial charge in [-0.15, -0.1) is 11.3 Å². The summed E-state index contributed by atoms with van der Waals surface area (Å²) < 4.78 is 0. The Morgan fingerprint density at radius 3 is 2.88 bits per heavy atom. The molecular weight excluding hydrogens is 236 g/mol. The van der Waals surface area contributed by atoms with Crippen LogP contribution >= 0.6 is 22.9 Å². The molecule has 16 heavy (non-hydrogen) atoms. The molecule has 0 N–H and O–H groups in total. The average molecular weight is 253 g/mol. The summed E-state index contributed by atoms with van der Waals surface area (Å²) >= 11 is 7.85. The minimum absolute atomic E-state index is 0.836. The molecule has 2 heteroatoms. The first-order chi connectivity index (χ1) is 7.81. The van der Waals surface area contributed by atoms with Crippen LogP contribution in [0.3, 0.4) is 0 Å². The summed E-state index contributed by atoms with van der Waals surface area (Å²) in [5.74, 6) is 0. The Kier molecular flexibility index (Phi) is 4.25. The van der Waals surface area contributed by atoms with Crippen LogP contribution < -0.4 is 0 Å². The van der Waals surface area contributed by atoms with Crippen LogP contribution in [-0.4, -0.2) is 0 Å². The maximum absolute atomic E-state index is 5.98. The molecule has 1 aromatic carbocycles. The van der Waals surface area contributed by atoms with Gasteiger partial charge in [0.1, 0.15) is 0 Å². The third kappa shape index (κ3) is 2.78. The Balaban J connectivity index is 2.07. The lowest BCUT2D eigenvalue weighted by Gasteiger charge is -1.99. The van der Waals surface area contributed by atoms with Crippen LogP contribution in [0.5, 0.6) is 0 Å². The molecule has 1 aromatic heterocycles. The number of fused-ring (bicyclic) bond motifs is 1. The Labute approximate surface area is 106 Å². The van der Waals surface area contributed by atoms with Crippen molar-refractivity contribution in [2.45, 2.75) is 39.0 Å². The molecule has 0 amide bonds. The molecule has 86 valence electrons. The molecule has 1 heterocycles. The number of benzene rings is 1. The van der Waals surface area contributed by atoms with Gasteiger partial charge < -0.3 is 0 Å². The highest BCUT2D eigenvalue weighted by Gasteiger charge is 2.04. The predicted molar refractivity (Wildman–Crippen MR) is 74.7 cm³/mol. The fourth-order valence-corrected chi connectivity index (χ4v) is 3.21. The van der Waals surface area contributed by atoms with Gasteiger partial charge in [-0.05, 0) is 41.1 Å². The van der Waals surface area contributed by atoms with Gasteiger partial charge in [0.05, 0.1) is 0 Å². The van der Waals surface area contributed by atoms with Gasteiger partial charge in [-0.2, -0.15) is 0 Å². The lowest BCUT2D eigenvalue weighted by Crippen LogP contribution is -1.82.